The Bertz CT molecular complexity index is 951. The first kappa shape index (κ1) is 11.8. The fourth-order valence-corrected chi connectivity index (χ4v) is 2.75. The molecule has 1 fully saturated rings. The molecule has 102 valence electrons. The van der Waals surface area contributed by atoms with E-state index < -0.39 is 5.82 Å². The Balaban J connectivity index is 2.20. The van der Waals surface area contributed by atoms with Gasteiger partial charge in [0.1, 0.15) is 5.82 Å². The molecule has 0 radical (unpaired) electrons. The molecule has 0 aliphatic heterocycles. The minimum absolute atomic E-state index is 0.215. The topological polar surface area (TPSA) is 55.1 Å². The van der Waals surface area contributed by atoms with Gasteiger partial charge in [-0.1, -0.05) is 0 Å². The number of halogens is 1. The van der Waals surface area contributed by atoms with Gasteiger partial charge >= 0.3 is 0 Å². The summed E-state index contributed by atoms with van der Waals surface area (Å²) in [5.74, 6) is 0.570. The van der Waals surface area contributed by atoms with Crippen molar-refractivity contribution < 1.29 is 4.39 Å². The molecule has 4 rings (SSSR count). The summed E-state index contributed by atoms with van der Waals surface area (Å²) in [5.41, 5.74) is 0.366. The molecule has 1 aliphatic rings. The molecule has 0 saturated heterocycles. The summed E-state index contributed by atoms with van der Waals surface area (Å²) in [7, 11) is 0. The van der Waals surface area contributed by atoms with E-state index in [-0.39, 0.29) is 5.56 Å². The molecule has 2 aromatic heterocycles. The van der Waals surface area contributed by atoms with Gasteiger partial charge in [0.15, 0.2) is 0 Å². The largest absolute Gasteiger partial charge is 0.276 e. The van der Waals surface area contributed by atoms with Crippen LogP contribution in [0.2, 0.25) is 0 Å². The highest BCUT2D eigenvalue weighted by Gasteiger charge is 2.24. The molecular weight excluding hydrogens is 279 g/mol. The summed E-state index contributed by atoms with van der Waals surface area (Å²) >= 11 is 5.22. The minimum Gasteiger partial charge on any atom is -0.276 e. The van der Waals surface area contributed by atoms with Crippen LogP contribution in [0.5, 0.6) is 0 Å². The molecule has 1 aliphatic carbocycles. The van der Waals surface area contributed by atoms with Gasteiger partial charge in [-0.25, -0.2) is 9.49 Å². The first-order chi connectivity index (χ1) is 9.65. The second-order valence-electron chi connectivity index (χ2n) is 5.18. The van der Waals surface area contributed by atoms with Gasteiger partial charge < -0.3 is 0 Å². The zero-order valence-electron chi connectivity index (χ0n) is 10.5. The highest BCUT2D eigenvalue weighted by atomic mass is 32.1. The van der Waals surface area contributed by atoms with Crippen molar-refractivity contribution in [2.75, 3.05) is 0 Å². The van der Waals surface area contributed by atoms with E-state index in [1.165, 1.54) is 12.1 Å². The number of fused-ring (bicyclic) bond motifs is 3. The number of rotatable bonds is 2. The van der Waals surface area contributed by atoms with Crippen molar-refractivity contribution in [2.45, 2.75) is 19.4 Å². The van der Waals surface area contributed by atoms with Crippen LogP contribution in [0, 0.1) is 16.5 Å². The van der Waals surface area contributed by atoms with Crippen LogP contribution in [-0.4, -0.2) is 19.2 Å². The Kier molecular flexibility index (Phi) is 2.35. The van der Waals surface area contributed by atoms with Crippen LogP contribution >= 0.6 is 12.2 Å². The molecule has 0 bridgehead atoms. The van der Waals surface area contributed by atoms with Gasteiger partial charge in [-0.3, -0.25) is 13.8 Å². The van der Waals surface area contributed by atoms with Crippen LogP contribution in [0.3, 0.4) is 0 Å². The van der Waals surface area contributed by atoms with E-state index in [9.17, 15) is 9.18 Å². The second-order valence-corrected chi connectivity index (χ2v) is 5.57. The van der Waals surface area contributed by atoms with E-state index in [1.807, 2.05) is 0 Å². The number of benzene rings is 1. The molecule has 1 saturated carbocycles. The lowest BCUT2D eigenvalue weighted by Gasteiger charge is -2.09. The third kappa shape index (κ3) is 1.62. The average molecular weight is 290 g/mol. The predicted molar refractivity (Wildman–Crippen MR) is 74.8 cm³/mol. The lowest BCUT2D eigenvalue weighted by atomic mass is 10.2. The van der Waals surface area contributed by atoms with Crippen molar-refractivity contribution in [3.63, 3.8) is 0 Å². The highest BCUT2D eigenvalue weighted by Crippen LogP contribution is 2.30. The number of nitrogens with one attached hydrogen (secondary N) is 1. The average Bonchev–Trinajstić information content (AvgIpc) is 3.17. The van der Waals surface area contributed by atoms with Crippen molar-refractivity contribution >= 4 is 28.9 Å². The van der Waals surface area contributed by atoms with Gasteiger partial charge in [-0.15, -0.1) is 5.10 Å². The van der Waals surface area contributed by atoms with E-state index in [2.05, 4.69) is 10.2 Å². The summed E-state index contributed by atoms with van der Waals surface area (Å²) < 4.78 is 17.1. The zero-order chi connectivity index (χ0) is 13.9. The van der Waals surface area contributed by atoms with Crippen LogP contribution in [0.4, 0.5) is 4.39 Å². The summed E-state index contributed by atoms with van der Waals surface area (Å²) in [6.45, 7) is 0.606. The number of aromatic nitrogens is 4. The number of hydrogen-bond donors (Lipinski definition) is 1. The molecule has 2 heterocycles. The van der Waals surface area contributed by atoms with Crippen molar-refractivity contribution in [2.24, 2.45) is 5.92 Å². The van der Waals surface area contributed by atoms with Crippen molar-refractivity contribution in [1.82, 2.24) is 19.2 Å². The summed E-state index contributed by atoms with van der Waals surface area (Å²) in [6, 6.07) is 4.14. The third-order valence-corrected chi connectivity index (χ3v) is 3.98. The lowest BCUT2D eigenvalue weighted by molar-refractivity contribution is 0.612. The first-order valence-corrected chi connectivity index (χ1v) is 6.85. The van der Waals surface area contributed by atoms with Gasteiger partial charge in [-0.2, -0.15) is 0 Å². The Morgan fingerprint density at radius 1 is 1.45 bits per heavy atom. The van der Waals surface area contributed by atoms with Crippen LogP contribution in [0.15, 0.2) is 23.0 Å². The molecule has 0 atom stereocenters. The molecule has 1 N–H and O–H groups in total. The van der Waals surface area contributed by atoms with Gasteiger partial charge in [0, 0.05) is 6.54 Å². The summed E-state index contributed by atoms with van der Waals surface area (Å²) in [4.78, 5) is 12.6. The quantitative estimate of drug-likeness (QED) is 0.737. The van der Waals surface area contributed by atoms with Crippen LogP contribution in [0.25, 0.3) is 16.7 Å². The molecule has 0 amide bonds. The van der Waals surface area contributed by atoms with E-state index in [1.54, 1.807) is 15.0 Å². The Morgan fingerprint density at radius 2 is 2.25 bits per heavy atom. The first-order valence-electron chi connectivity index (χ1n) is 6.44. The van der Waals surface area contributed by atoms with Gasteiger partial charge in [0.05, 0.1) is 10.9 Å². The normalized spacial score (nSPS) is 15.2. The molecule has 0 unspecified atom stereocenters. The molecule has 3 aromatic rings. The maximum absolute atomic E-state index is 13.4. The van der Waals surface area contributed by atoms with Crippen molar-refractivity contribution in [3.8, 4) is 0 Å². The van der Waals surface area contributed by atoms with Crippen LogP contribution in [0.1, 0.15) is 12.8 Å². The fourth-order valence-electron chi connectivity index (χ4n) is 2.52. The smallest absolute Gasteiger partial charge is 0.262 e. The van der Waals surface area contributed by atoms with E-state index in [0.717, 1.165) is 12.8 Å². The number of nitrogens with zero attached hydrogens (tertiary/aromatic N) is 3. The van der Waals surface area contributed by atoms with Crippen molar-refractivity contribution in [1.29, 1.82) is 0 Å². The molecule has 20 heavy (non-hydrogen) atoms. The van der Waals surface area contributed by atoms with E-state index in [0.29, 0.717) is 33.9 Å². The molecule has 7 heteroatoms. The molecular formula is C13H11FN4OS. The third-order valence-electron chi connectivity index (χ3n) is 3.71. The maximum atomic E-state index is 13.4. The van der Waals surface area contributed by atoms with E-state index >= 15 is 0 Å². The zero-order valence-corrected chi connectivity index (χ0v) is 11.3. The Hall–Kier alpha value is -2.02. The molecule has 1 aromatic carbocycles. The Labute approximate surface area is 117 Å². The van der Waals surface area contributed by atoms with Gasteiger partial charge in [-0.05, 0) is 49.2 Å². The standard InChI is InChI=1S/C13H11FN4OS/c14-8-3-4-10-9(5-8)11(19)17(6-7-1-2-7)12-15-16-13(20)18(10)12/h3-5,7H,1-2,6H2,(H,16,20). The minimum atomic E-state index is -0.429. The Morgan fingerprint density at radius 3 is 3.00 bits per heavy atom. The molecule has 5 nitrogen and oxygen atoms in total. The number of hydrogen-bond acceptors (Lipinski definition) is 3. The van der Waals surface area contributed by atoms with Crippen LogP contribution in [-0.2, 0) is 6.54 Å². The summed E-state index contributed by atoms with van der Waals surface area (Å²) in [6.07, 6.45) is 2.23. The van der Waals surface area contributed by atoms with Gasteiger partial charge in [0.25, 0.3) is 5.56 Å². The predicted octanol–water partition coefficient (Wildman–Crippen LogP) is 2.26. The monoisotopic (exact) mass is 290 g/mol. The second kappa shape index (κ2) is 3.99. The fraction of sp³-hybridized carbons (Fsp3) is 0.308. The number of aromatic amines is 1. The lowest BCUT2D eigenvalue weighted by Crippen LogP contribution is -2.24. The SMILES string of the molecule is O=c1c2cc(F)ccc2n2c(=S)[nH]nc2n1CC1CC1. The molecule has 0 spiro atoms. The number of H-pyrrole nitrogens is 1. The van der Waals surface area contributed by atoms with E-state index in [4.69, 9.17) is 12.2 Å². The summed E-state index contributed by atoms with van der Waals surface area (Å²) in [5, 5.41) is 7.18. The van der Waals surface area contributed by atoms with Crippen LogP contribution < -0.4 is 5.56 Å². The highest BCUT2D eigenvalue weighted by molar-refractivity contribution is 7.71. The van der Waals surface area contributed by atoms with Crippen molar-refractivity contribution in [3.05, 3.63) is 39.1 Å². The van der Waals surface area contributed by atoms with Gasteiger partial charge in [0.2, 0.25) is 10.5 Å². The maximum Gasteiger partial charge on any atom is 0.262 e.